The summed E-state index contributed by atoms with van der Waals surface area (Å²) in [5.41, 5.74) is 1.82. The van der Waals surface area contributed by atoms with Gasteiger partial charge < -0.3 is 4.52 Å². The van der Waals surface area contributed by atoms with Crippen molar-refractivity contribution in [1.29, 1.82) is 0 Å². The topological polar surface area (TPSA) is 55.1 Å². The molecule has 0 saturated carbocycles. The monoisotopic (exact) mass is 310 g/mol. The maximum Gasteiger partial charge on any atom is 0.232 e. The summed E-state index contributed by atoms with van der Waals surface area (Å²) in [5.74, 6) is 1.26. The summed E-state index contributed by atoms with van der Waals surface area (Å²) in [6, 6.07) is 10.4. The Bertz CT molecular complexity index is 799. The first-order valence-corrected chi connectivity index (χ1v) is 7.49. The van der Waals surface area contributed by atoms with Crippen LogP contribution < -0.4 is 0 Å². The lowest BCUT2D eigenvalue weighted by molar-refractivity contribution is 0.117. The van der Waals surface area contributed by atoms with Gasteiger partial charge in [0.15, 0.2) is 0 Å². The Labute approximate surface area is 132 Å². The summed E-state index contributed by atoms with van der Waals surface area (Å²) in [6.07, 6.45) is 3.42. The van der Waals surface area contributed by atoms with Crippen molar-refractivity contribution in [2.45, 2.75) is 12.5 Å². The summed E-state index contributed by atoms with van der Waals surface area (Å²) >= 11 is 0. The number of hydrogen-bond acceptors (Lipinski definition) is 5. The van der Waals surface area contributed by atoms with Crippen molar-refractivity contribution >= 4 is 0 Å². The van der Waals surface area contributed by atoms with Gasteiger partial charge in [-0.3, -0.25) is 9.88 Å². The van der Waals surface area contributed by atoms with Crippen LogP contribution in [0.1, 0.15) is 17.4 Å². The third-order valence-corrected chi connectivity index (χ3v) is 3.96. The van der Waals surface area contributed by atoms with Crippen molar-refractivity contribution in [1.82, 2.24) is 20.0 Å². The van der Waals surface area contributed by atoms with Gasteiger partial charge in [0.25, 0.3) is 0 Å². The lowest BCUT2D eigenvalue weighted by Gasteiger charge is -2.37. The minimum atomic E-state index is -0.197. The Morgan fingerprint density at radius 3 is 2.91 bits per heavy atom. The van der Waals surface area contributed by atoms with E-state index in [9.17, 15) is 4.39 Å². The molecular weight excluding hydrogens is 295 g/mol. The fourth-order valence-electron chi connectivity index (χ4n) is 2.76. The number of rotatable bonds is 4. The van der Waals surface area contributed by atoms with Gasteiger partial charge in [-0.1, -0.05) is 17.3 Å². The molecule has 0 unspecified atom stereocenters. The van der Waals surface area contributed by atoms with Crippen LogP contribution in [0.15, 0.2) is 53.3 Å². The van der Waals surface area contributed by atoms with Crippen molar-refractivity contribution in [2.75, 3.05) is 13.1 Å². The molecule has 0 N–H and O–H groups in total. The fraction of sp³-hybridized carbons (Fsp3) is 0.235. The minimum Gasteiger partial charge on any atom is -0.339 e. The second kappa shape index (κ2) is 5.89. The highest BCUT2D eigenvalue weighted by molar-refractivity contribution is 5.51. The Hall–Kier alpha value is -2.60. The molecule has 1 aliphatic heterocycles. The van der Waals surface area contributed by atoms with Gasteiger partial charge in [0.05, 0.1) is 5.92 Å². The van der Waals surface area contributed by atoms with E-state index in [0.29, 0.717) is 11.7 Å². The third-order valence-electron chi connectivity index (χ3n) is 3.96. The zero-order valence-electron chi connectivity index (χ0n) is 12.4. The van der Waals surface area contributed by atoms with Crippen molar-refractivity contribution in [3.8, 4) is 11.4 Å². The number of nitrogens with zero attached hydrogens (tertiary/aromatic N) is 4. The smallest absolute Gasteiger partial charge is 0.232 e. The lowest BCUT2D eigenvalue weighted by Crippen LogP contribution is -2.44. The molecule has 0 spiro atoms. The van der Waals surface area contributed by atoms with E-state index < -0.39 is 0 Å². The molecule has 3 aromatic rings. The molecule has 5 nitrogen and oxygen atoms in total. The standard InChI is InChI=1S/C17H15FN4O/c18-15-5-1-3-12(7-15)9-22-10-14(11-22)17-20-16(21-23-17)13-4-2-6-19-8-13/h1-8,14H,9-11H2. The molecule has 2 aromatic heterocycles. The number of likely N-dealkylation sites (tertiary alicyclic amines) is 1. The summed E-state index contributed by atoms with van der Waals surface area (Å²) in [4.78, 5) is 10.7. The predicted octanol–water partition coefficient (Wildman–Crippen LogP) is 2.87. The molecule has 4 rings (SSSR count). The van der Waals surface area contributed by atoms with Crippen LogP contribution in [0.5, 0.6) is 0 Å². The van der Waals surface area contributed by atoms with Crippen LogP contribution in [-0.2, 0) is 6.54 Å². The van der Waals surface area contributed by atoms with Gasteiger partial charge in [0.1, 0.15) is 5.82 Å². The third kappa shape index (κ3) is 2.98. The molecule has 0 amide bonds. The van der Waals surface area contributed by atoms with Gasteiger partial charge in [-0.05, 0) is 29.8 Å². The maximum absolute atomic E-state index is 13.2. The van der Waals surface area contributed by atoms with E-state index in [-0.39, 0.29) is 11.7 Å². The predicted molar refractivity (Wildman–Crippen MR) is 81.9 cm³/mol. The zero-order valence-corrected chi connectivity index (χ0v) is 12.4. The molecule has 1 fully saturated rings. The molecular formula is C17H15FN4O. The molecule has 0 aliphatic carbocycles. The number of aromatic nitrogens is 3. The lowest BCUT2D eigenvalue weighted by atomic mass is 9.99. The Balaban J connectivity index is 1.38. The first-order valence-electron chi connectivity index (χ1n) is 7.49. The quantitative estimate of drug-likeness (QED) is 0.741. The average Bonchev–Trinajstić information content (AvgIpc) is 3.01. The minimum absolute atomic E-state index is 0.197. The van der Waals surface area contributed by atoms with Crippen LogP contribution in [-0.4, -0.2) is 33.1 Å². The van der Waals surface area contributed by atoms with E-state index in [0.717, 1.165) is 30.8 Å². The van der Waals surface area contributed by atoms with Gasteiger partial charge >= 0.3 is 0 Å². The van der Waals surface area contributed by atoms with Crippen LogP contribution >= 0.6 is 0 Å². The Kier molecular flexibility index (Phi) is 3.59. The molecule has 1 aromatic carbocycles. The maximum atomic E-state index is 13.2. The highest BCUT2D eigenvalue weighted by Gasteiger charge is 2.32. The number of benzene rings is 1. The van der Waals surface area contributed by atoms with Gasteiger partial charge in [0, 0.05) is 37.6 Å². The van der Waals surface area contributed by atoms with Gasteiger partial charge in [-0.15, -0.1) is 0 Å². The number of pyridine rings is 1. The van der Waals surface area contributed by atoms with E-state index >= 15 is 0 Å². The second-order valence-corrected chi connectivity index (χ2v) is 5.72. The molecule has 116 valence electrons. The molecule has 1 saturated heterocycles. The van der Waals surface area contributed by atoms with Crippen LogP contribution in [0, 0.1) is 5.82 Å². The molecule has 1 aliphatic rings. The molecule has 0 bridgehead atoms. The Morgan fingerprint density at radius 2 is 2.13 bits per heavy atom. The molecule has 23 heavy (non-hydrogen) atoms. The summed E-state index contributed by atoms with van der Waals surface area (Å²) in [6.45, 7) is 2.41. The van der Waals surface area contributed by atoms with E-state index in [1.807, 2.05) is 18.2 Å². The van der Waals surface area contributed by atoms with Crippen molar-refractivity contribution in [3.05, 3.63) is 66.1 Å². The van der Waals surface area contributed by atoms with Crippen molar-refractivity contribution in [2.24, 2.45) is 0 Å². The molecule has 0 radical (unpaired) electrons. The summed E-state index contributed by atoms with van der Waals surface area (Å²) in [5, 5.41) is 4.02. The molecule has 0 atom stereocenters. The van der Waals surface area contributed by atoms with Crippen LogP contribution in [0.3, 0.4) is 0 Å². The SMILES string of the molecule is Fc1cccc(CN2CC(c3nc(-c4cccnc4)no3)C2)c1. The van der Waals surface area contributed by atoms with E-state index in [4.69, 9.17) is 4.52 Å². The fourth-order valence-corrected chi connectivity index (χ4v) is 2.76. The van der Waals surface area contributed by atoms with E-state index in [1.165, 1.54) is 6.07 Å². The van der Waals surface area contributed by atoms with Gasteiger partial charge in [-0.25, -0.2) is 4.39 Å². The number of halogens is 1. The average molecular weight is 310 g/mol. The van der Waals surface area contributed by atoms with E-state index in [1.54, 1.807) is 24.5 Å². The highest BCUT2D eigenvalue weighted by atomic mass is 19.1. The first-order chi connectivity index (χ1) is 11.3. The summed E-state index contributed by atoms with van der Waals surface area (Å²) < 4.78 is 18.6. The normalized spacial score (nSPS) is 15.5. The molecule has 6 heteroatoms. The van der Waals surface area contributed by atoms with Crippen LogP contribution in [0.2, 0.25) is 0 Å². The largest absolute Gasteiger partial charge is 0.339 e. The highest BCUT2D eigenvalue weighted by Crippen LogP contribution is 2.28. The second-order valence-electron chi connectivity index (χ2n) is 5.72. The zero-order chi connectivity index (χ0) is 15.6. The van der Waals surface area contributed by atoms with Gasteiger partial charge in [0.2, 0.25) is 11.7 Å². The van der Waals surface area contributed by atoms with Crippen LogP contribution in [0.25, 0.3) is 11.4 Å². The Morgan fingerprint density at radius 1 is 1.22 bits per heavy atom. The van der Waals surface area contributed by atoms with Crippen molar-refractivity contribution < 1.29 is 8.91 Å². The number of hydrogen-bond donors (Lipinski definition) is 0. The molecule has 3 heterocycles. The van der Waals surface area contributed by atoms with Crippen LogP contribution in [0.4, 0.5) is 4.39 Å². The van der Waals surface area contributed by atoms with Crippen molar-refractivity contribution in [3.63, 3.8) is 0 Å². The van der Waals surface area contributed by atoms with Gasteiger partial charge in [-0.2, -0.15) is 4.98 Å². The first kappa shape index (κ1) is 14.0. The van der Waals surface area contributed by atoms with E-state index in [2.05, 4.69) is 20.0 Å². The summed E-state index contributed by atoms with van der Waals surface area (Å²) in [7, 11) is 0.